The van der Waals surface area contributed by atoms with Crippen molar-refractivity contribution in [3.8, 4) is 0 Å². The summed E-state index contributed by atoms with van der Waals surface area (Å²) in [7, 11) is 0. The van der Waals surface area contributed by atoms with E-state index in [9.17, 15) is 0 Å². The van der Waals surface area contributed by atoms with Crippen LogP contribution in [-0.4, -0.2) is 5.16 Å². The van der Waals surface area contributed by atoms with Gasteiger partial charge in [0.1, 0.15) is 11.6 Å². The molecule has 1 aliphatic rings. The topological polar surface area (TPSA) is 50.1 Å². The molecule has 1 aromatic rings. The number of anilines is 1. The molecular formula is C10H13N3O. The molecule has 0 radical (unpaired) electrons. The summed E-state index contributed by atoms with van der Waals surface area (Å²) in [5.41, 5.74) is 0. The Morgan fingerprint density at radius 2 is 2.43 bits per heavy atom. The van der Waals surface area contributed by atoms with Gasteiger partial charge in [-0.25, -0.2) is 0 Å². The Hall–Kier alpha value is -1.71. The van der Waals surface area contributed by atoms with Crippen molar-refractivity contribution < 1.29 is 4.52 Å². The highest BCUT2D eigenvalue weighted by Gasteiger charge is 2.27. The van der Waals surface area contributed by atoms with Crippen LogP contribution >= 0.6 is 0 Å². The number of rotatable bonds is 5. The highest BCUT2D eigenvalue weighted by Crippen LogP contribution is 2.40. The van der Waals surface area contributed by atoms with E-state index in [-0.39, 0.29) is 0 Å². The number of hydrogen-bond donors (Lipinski definition) is 2. The third-order valence-corrected chi connectivity index (χ3v) is 2.06. The fourth-order valence-electron chi connectivity index (χ4n) is 1.22. The largest absolute Gasteiger partial charge is 0.359 e. The minimum absolute atomic E-state index is 0.582. The lowest BCUT2D eigenvalue weighted by Gasteiger charge is -2.03. The average molecular weight is 191 g/mol. The molecule has 1 fully saturated rings. The quantitative estimate of drug-likeness (QED) is 0.748. The molecule has 0 spiro atoms. The Morgan fingerprint density at radius 3 is 3.07 bits per heavy atom. The number of nitrogens with zero attached hydrogens (tertiary/aromatic N) is 1. The summed E-state index contributed by atoms with van der Waals surface area (Å²) in [6.07, 6.45) is 3.97. The lowest BCUT2D eigenvalue weighted by molar-refractivity contribution is 0.386. The van der Waals surface area contributed by atoms with Gasteiger partial charge in [-0.2, -0.15) is 0 Å². The molecule has 2 N–H and O–H groups in total. The van der Waals surface area contributed by atoms with Crippen LogP contribution in [-0.2, 0) is 0 Å². The van der Waals surface area contributed by atoms with Crippen molar-refractivity contribution in [2.24, 2.45) is 0 Å². The molecule has 1 heterocycles. The van der Waals surface area contributed by atoms with Crippen LogP contribution in [0.3, 0.4) is 0 Å². The Morgan fingerprint density at radius 1 is 1.64 bits per heavy atom. The molecule has 4 heteroatoms. The number of aromatic nitrogens is 1. The summed E-state index contributed by atoms with van der Waals surface area (Å²) >= 11 is 0. The predicted molar refractivity (Wildman–Crippen MR) is 54.6 cm³/mol. The lowest BCUT2D eigenvalue weighted by Crippen LogP contribution is -2.11. The van der Waals surface area contributed by atoms with Crippen molar-refractivity contribution in [2.75, 3.05) is 5.32 Å². The maximum Gasteiger partial charge on any atom is 0.175 e. The van der Waals surface area contributed by atoms with E-state index < -0.39 is 0 Å². The molecule has 1 aliphatic carbocycles. The Labute approximate surface area is 82.7 Å². The zero-order chi connectivity index (χ0) is 9.97. The molecule has 2 rings (SSSR count). The van der Waals surface area contributed by atoms with Crippen molar-refractivity contribution in [3.05, 3.63) is 37.0 Å². The highest BCUT2D eigenvalue weighted by molar-refractivity contribution is 5.41. The SMILES string of the molecule is C=CNC(=C)Nc1cc(C2CC2)on1. The smallest absolute Gasteiger partial charge is 0.175 e. The van der Waals surface area contributed by atoms with E-state index in [1.807, 2.05) is 6.07 Å². The maximum absolute atomic E-state index is 5.16. The monoisotopic (exact) mass is 191 g/mol. The minimum atomic E-state index is 0.582. The fraction of sp³-hybridized carbons (Fsp3) is 0.300. The molecule has 74 valence electrons. The van der Waals surface area contributed by atoms with Crippen LogP contribution in [0, 0.1) is 0 Å². The summed E-state index contributed by atoms with van der Waals surface area (Å²) in [6, 6.07) is 1.91. The summed E-state index contributed by atoms with van der Waals surface area (Å²) in [6.45, 7) is 7.26. The molecule has 0 unspecified atom stereocenters. The number of hydrogen-bond acceptors (Lipinski definition) is 4. The van der Waals surface area contributed by atoms with Crippen molar-refractivity contribution in [2.45, 2.75) is 18.8 Å². The van der Waals surface area contributed by atoms with Gasteiger partial charge in [-0.05, 0) is 19.0 Å². The zero-order valence-electron chi connectivity index (χ0n) is 7.92. The number of nitrogens with one attached hydrogen (secondary N) is 2. The molecule has 1 saturated carbocycles. The van der Waals surface area contributed by atoms with E-state index in [4.69, 9.17) is 4.52 Å². The van der Waals surface area contributed by atoms with E-state index in [1.54, 1.807) is 6.20 Å². The van der Waals surface area contributed by atoms with Gasteiger partial charge in [0.2, 0.25) is 0 Å². The molecular weight excluding hydrogens is 178 g/mol. The third kappa shape index (κ3) is 1.96. The van der Waals surface area contributed by atoms with E-state index in [0.29, 0.717) is 17.6 Å². The molecule has 0 amide bonds. The normalized spacial score (nSPS) is 14.9. The van der Waals surface area contributed by atoms with Crippen LogP contribution in [0.1, 0.15) is 24.5 Å². The highest BCUT2D eigenvalue weighted by atomic mass is 16.5. The Balaban J connectivity index is 1.95. The average Bonchev–Trinajstić information content (AvgIpc) is 2.89. The molecule has 14 heavy (non-hydrogen) atoms. The molecule has 0 bridgehead atoms. The van der Waals surface area contributed by atoms with Crippen LogP contribution < -0.4 is 10.6 Å². The lowest BCUT2D eigenvalue weighted by atomic mass is 10.3. The molecule has 1 aromatic heterocycles. The second-order valence-corrected chi connectivity index (χ2v) is 3.34. The van der Waals surface area contributed by atoms with Gasteiger partial charge in [-0.3, -0.25) is 0 Å². The summed E-state index contributed by atoms with van der Waals surface area (Å²) in [4.78, 5) is 0. The molecule has 0 aromatic carbocycles. The Bertz CT molecular complexity index is 352. The van der Waals surface area contributed by atoms with Gasteiger partial charge in [0.15, 0.2) is 5.82 Å². The van der Waals surface area contributed by atoms with Gasteiger partial charge in [0.25, 0.3) is 0 Å². The van der Waals surface area contributed by atoms with E-state index >= 15 is 0 Å². The summed E-state index contributed by atoms with van der Waals surface area (Å²) in [5, 5.41) is 9.67. The van der Waals surface area contributed by atoms with Gasteiger partial charge in [-0.1, -0.05) is 18.3 Å². The van der Waals surface area contributed by atoms with Crippen molar-refractivity contribution >= 4 is 5.82 Å². The molecule has 0 aliphatic heterocycles. The second-order valence-electron chi connectivity index (χ2n) is 3.34. The predicted octanol–water partition coefficient (Wildman–Crippen LogP) is 2.17. The van der Waals surface area contributed by atoms with Crippen molar-refractivity contribution in [1.82, 2.24) is 10.5 Å². The zero-order valence-corrected chi connectivity index (χ0v) is 7.92. The van der Waals surface area contributed by atoms with Crippen LogP contribution in [0.2, 0.25) is 0 Å². The van der Waals surface area contributed by atoms with E-state index in [1.165, 1.54) is 12.8 Å². The maximum atomic E-state index is 5.16. The first-order chi connectivity index (χ1) is 6.79. The fourth-order valence-corrected chi connectivity index (χ4v) is 1.22. The molecule has 0 atom stereocenters. The van der Waals surface area contributed by atoms with Crippen LogP contribution in [0.5, 0.6) is 0 Å². The molecule has 4 nitrogen and oxygen atoms in total. The van der Waals surface area contributed by atoms with Gasteiger partial charge < -0.3 is 15.2 Å². The van der Waals surface area contributed by atoms with Crippen LogP contribution in [0.4, 0.5) is 5.82 Å². The van der Waals surface area contributed by atoms with Crippen LogP contribution in [0.15, 0.2) is 35.8 Å². The van der Waals surface area contributed by atoms with Gasteiger partial charge >= 0.3 is 0 Å². The first-order valence-corrected chi connectivity index (χ1v) is 4.59. The first kappa shape index (κ1) is 8.87. The summed E-state index contributed by atoms with van der Waals surface area (Å²) in [5.74, 6) is 2.86. The van der Waals surface area contributed by atoms with Crippen LogP contribution in [0.25, 0.3) is 0 Å². The van der Waals surface area contributed by atoms with Crippen molar-refractivity contribution in [3.63, 3.8) is 0 Å². The summed E-state index contributed by atoms with van der Waals surface area (Å²) < 4.78 is 5.16. The second kappa shape index (κ2) is 3.57. The van der Waals surface area contributed by atoms with E-state index in [0.717, 1.165) is 5.76 Å². The standard InChI is InChI=1S/C10H13N3O/c1-3-11-7(2)12-10-6-9(14-13-10)8-4-5-8/h3,6,8,11H,1-2,4-5H2,(H,12,13). The van der Waals surface area contributed by atoms with Gasteiger partial charge in [0.05, 0.1) is 0 Å². The minimum Gasteiger partial charge on any atom is -0.359 e. The van der Waals surface area contributed by atoms with Gasteiger partial charge in [-0.15, -0.1) is 0 Å². The molecule has 0 saturated heterocycles. The first-order valence-electron chi connectivity index (χ1n) is 4.59. The third-order valence-electron chi connectivity index (χ3n) is 2.06. The van der Waals surface area contributed by atoms with E-state index in [2.05, 4.69) is 28.9 Å². The Kier molecular flexibility index (Phi) is 2.26. The van der Waals surface area contributed by atoms with Crippen molar-refractivity contribution in [1.29, 1.82) is 0 Å². The van der Waals surface area contributed by atoms with Gasteiger partial charge in [0, 0.05) is 12.0 Å².